The summed E-state index contributed by atoms with van der Waals surface area (Å²) in [4.78, 5) is 11.3. The van der Waals surface area contributed by atoms with Gasteiger partial charge >= 0.3 is 0 Å². The summed E-state index contributed by atoms with van der Waals surface area (Å²) in [5.41, 5.74) is 1.79. The molecule has 0 amide bonds. The average molecular weight is 286 g/mol. The Balaban J connectivity index is 1.80. The largest absolute Gasteiger partial charge is 0.486 e. The molecule has 0 N–H and O–H groups in total. The van der Waals surface area contributed by atoms with Crippen LogP contribution in [0.15, 0.2) is 42.5 Å². The van der Waals surface area contributed by atoms with Crippen molar-refractivity contribution >= 4 is 6.29 Å². The van der Waals surface area contributed by atoms with Gasteiger partial charge in [0.1, 0.15) is 25.3 Å². The van der Waals surface area contributed by atoms with Crippen LogP contribution in [0, 0.1) is 5.82 Å². The molecule has 0 saturated carbocycles. The molecule has 3 nitrogen and oxygen atoms in total. The molecular formula is C17H15FO3. The molecule has 4 heteroatoms. The van der Waals surface area contributed by atoms with Crippen LogP contribution in [0.2, 0.25) is 0 Å². The van der Waals surface area contributed by atoms with Gasteiger partial charge in [0.2, 0.25) is 0 Å². The van der Waals surface area contributed by atoms with Crippen molar-refractivity contribution in [3.8, 4) is 11.5 Å². The molecule has 3 rings (SSSR count). The van der Waals surface area contributed by atoms with Gasteiger partial charge in [-0.3, -0.25) is 0 Å². The second-order valence-corrected chi connectivity index (χ2v) is 4.98. The Morgan fingerprint density at radius 1 is 1.05 bits per heavy atom. The highest BCUT2D eigenvalue weighted by atomic mass is 19.1. The van der Waals surface area contributed by atoms with E-state index in [0.29, 0.717) is 25.4 Å². The van der Waals surface area contributed by atoms with E-state index >= 15 is 0 Å². The Morgan fingerprint density at radius 2 is 1.76 bits per heavy atom. The van der Waals surface area contributed by atoms with Crippen molar-refractivity contribution in [2.75, 3.05) is 13.2 Å². The molecule has 1 atom stereocenters. The van der Waals surface area contributed by atoms with Crippen LogP contribution in [0.25, 0.3) is 0 Å². The highest BCUT2D eigenvalue weighted by Crippen LogP contribution is 2.32. The highest BCUT2D eigenvalue weighted by molar-refractivity contribution is 5.63. The minimum absolute atomic E-state index is 0.298. The number of benzene rings is 2. The van der Waals surface area contributed by atoms with Crippen molar-refractivity contribution in [2.45, 2.75) is 12.3 Å². The first-order valence-electron chi connectivity index (χ1n) is 6.85. The Labute approximate surface area is 122 Å². The second kappa shape index (κ2) is 5.95. The summed E-state index contributed by atoms with van der Waals surface area (Å²) >= 11 is 0. The van der Waals surface area contributed by atoms with Crippen LogP contribution in [0.3, 0.4) is 0 Å². The van der Waals surface area contributed by atoms with E-state index in [2.05, 4.69) is 0 Å². The van der Waals surface area contributed by atoms with E-state index < -0.39 is 0 Å². The summed E-state index contributed by atoms with van der Waals surface area (Å²) in [6, 6.07) is 11.7. The van der Waals surface area contributed by atoms with E-state index in [-0.39, 0.29) is 11.7 Å². The lowest BCUT2D eigenvalue weighted by Crippen LogP contribution is -2.15. The molecule has 2 aromatic rings. The minimum Gasteiger partial charge on any atom is -0.486 e. The summed E-state index contributed by atoms with van der Waals surface area (Å²) in [7, 11) is 0. The van der Waals surface area contributed by atoms with E-state index in [1.807, 2.05) is 18.2 Å². The first-order chi connectivity index (χ1) is 10.3. The third kappa shape index (κ3) is 3.05. The maximum atomic E-state index is 13.0. The monoisotopic (exact) mass is 286 g/mol. The number of fused-ring (bicyclic) bond motifs is 1. The van der Waals surface area contributed by atoms with Crippen LogP contribution < -0.4 is 9.47 Å². The summed E-state index contributed by atoms with van der Waals surface area (Å²) < 4.78 is 24.0. The first kappa shape index (κ1) is 13.6. The second-order valence-electron chi connectivity index (χ2n) is 4.98. The van der Waals surface area contributed by atoms with Gasteiger partial charge in [0, 0.05) is 5.92 Å². The SMILES string of the molecule is O=CC(Cc1ccc2c(c1)OCCO2)c1ccc(F)cc1. The lowest BCUT2D eigenvalue weighted by molar-refractivity contribution is -0.109. The molecule has 0 aliphatic carbocycles. The van der Waals surface area contributed by atoms with E-state index in [9.17, 15) is 9.18 Å². The lowest BCUT2D eigenvalue weighted by atomic mass is 9.93. The Hall–Kier alpha value is -2.36. The molecule has 0 radical (unpaired) electrons. The molecular weight excluding hydrogens is 271 g/mol. The van der Waals surface area contributed by atoms with Crippen molar-refractivity contribution in [3.63, 3.8) is 0 Å². The van der Waals surface area contributed by atoms with Crippen LogP contribution in [-0.2, 0) is 11.2 Å². The van der Waals surface area contributed by atoms with Crippen molar-refractivity contribution in [2.24, 2.45) is 0 Å². The third-order valence-electron chi connectivity index (χ3n) is 3.52. The summed E-state index contributed by atoms with van der Waals surface area (Å²) in [5.74, 6) is 0.841. The van der Waals surface area contributed by atoms with Crippen LogP contribution in [0.1, 0.15) is 17.0 Å². The number of rotatable bonds is 4. The van der Waals surface area contributed by atoms with Crippen LogP contribution in [-0.4, -0.2) is 19.5 Å². The zero-order valence-corrected chi connectivity index (χ0v) is 11.4. The van der Waals surface area contributed by atoms with Crippen molar-refractivity contribution < 1.29 is 18.7 Å². The standard InChI is InChI=1S/C17H15FO3/c18-15-4-2-13(3-5-15)14(11-19)9-12-1-6-16-17(10-12)21-8-7-20-16/h1-6,10-11,14H,7-9H2. The average Bonchev–Trinajstić information content (AvgIpc) is 2.53. The summed E-state index contributed by atoms with van der Waals surface area (Å²) in [6.45, 7) is 1.09. The van der Waals surface area contributed by atoms with Crippen molar-refractivity contribution in [1.29, 1.82) is 0 Å². The van der Waals surface area contributed by atoms with Gasteiger partial charge in [-0.2, -0.15) is 0 Å². The van der Waals surface area contributed by atoms with Gasteiger partial charge in [0.25, 0.3) is 0 Å². The fourth-order valence-corrected chi connectivity index (χ4v) is 2.42. The van der Waals surface area contributed by atoms with Gasteiger partial charge < -0.3 is 14.3 Å². The quantitative estimate of drug-likeness (QED) is 0.810. The molecule has 1 heterocycles. The van der Waals surface area contributed by atoms with Crippen LogP contribution >= 0.6 is 0 Å². The molecule has 108 valence electrons. The van der Waals surface area contributed by atoms with Gasteiger partial charge in [-0.15, -0.1) is 0 Å². The van der Waals surface area contributed by atoms with E-state index in [0.717, 1.165) is 23.2 Å². The maximum Gasteiger partial charge on any atom is 0.161 e. The molecule has 1 aliphatic heterocycles. The number of ether oxygens (including phenoxy) is 2. The topological polar surface area (TPSA) is 35.5 Å². The molecule has 0 aromatic heterocycles. The lowest BCUT2D eigenvalue weighted by Gasteiger charge is -2.19. The van der Waals surface area contributed by atoms with Gasteiger partial charge in [-0.05, 0) is 41.8 Å². The fraction of sp³-hybridized carbons (Fsp3) is 0.235. The number of carbonyl (C=O) groups is 1. The first-order valence-corrected chi connectivity index (χ1v) is 6.85. The molecule has 1 aliphatic rings. The van der Waals surface area contributed by atoms with Gasteiger partial charge in [-0.1, -0.05) is 18.2 Å². The van der Waals surface area contributed by atoms with E-state index in [1.165, 1.54) is 12.1 Å². The van der Waals surface area contributed by atoms with E-state index in [4.69, 9.17) is 9.47 Å². The Morgan fingerprint density at radius 3 is 2.48 bits per heavy atom. The van der Waals surface area contributed by atoms with Gasteiger partial charge in [0.15, 0.2) is 11.5 Å². The predicted octanol–water partition coefficient (Wildman–Crippen LogP) is 3.12. The summed E-state index contributed by atoms with van der Waals surface area (Å²) in [5, 5.41) is 0. The highest BCUT2D eigenvalue weighted by Gasteiger charge is 2.15. The number of hydrogen-bond acceptors (Lipinski definition) is 3. The van der Waals surface area contributed by atoms with Gasteiger partial charge in [-0.25, -0.2) is 4.39 Å². The number of carbonyl (C=O) groups excluding carboxylic acids is 1. The number of hydrogen-bond donors (Lipinski definition) is 0. The molecule has 0 spiro atoms. The normalized spacial score (nSPS) is 14.5. The Kier molecular flexibility index (Phi) is 3.86. The smallest absolute Gasteiger partial charge is 0.161 e. The van der Waals surface area contributed by atoms with Crippen LogP contribution in [0.4, 0.5) is 4.39 Å². The Bertz CT molecular complexity index is 637. The van der Waals surface area contributed by atoms with Crippen molar-refractivity contribution in [3.05, 3.63) is 59.4 Å². The van der Waals surface area contributed by atoms with Crippen LogP contribution in [0.5, 0.6) is 11.5 Å². The molecule has 2 aromatic carbocycles. The number of aldehydes is 1. The molecule has 0 fully saturated rings. The zero-order chi connectivity index (χ0) is 14.7. The molecule has 0 bridgehead atoms. The minimum atomic E-state index is -0.303. The zero-order valence-electron chi connectivity index (χ0n) is 11.4. The van der Waals surface area contributed by atoms with Gasteiger partial charge in [0.05, 0.1) is 0 Å². The summed E-state index contributed by atoms with van der Waals surface area (Å²) in [6.07, 6.45) is 1.44. The fourth-order valence-electron chi connectivity index (χ4n) is 2.42. The number of halogens is 1. The maximum absolute atomic E-state index is 13.0. The molecule has 0 saturated heterocycles. The van der Waals surface area contributed by atoms with Crippen molar-refractivity contribution in [1.82, 2.24) is 0 Å². The van der Waals surface area contributed by atoms with E-state index in [1.54, 1.807) is 12.1 Å². The molecule has 1 unspecified atom stereocenters. The molecule has 21 heavy (non-hydrogen) atoms. The third-order valence-corrected chi connectivity index (χ3v) is 3.52. The predicted molar refractivity (Wildman–Crippen MR) is 76.3 cm³/mol.